The Bertz CT molecular complexity index is 1050. The predicted octanol–water partition coefficient (Wildman–Crippen LogP) is 2.81. The van der Waals surface area contributed by atoms with E-state index in [1.54, 1.807) is 22.4 Å². The molecule has 8 heteroatoms. The van der Waals surface area contributed by atoms with Gasteiger partial charge in [-0.05, 0) is 43.4 Å². The van der Waals surface area contributed by atoms with Crippen LogP contribution >= 0.6 is 11.3 Å². The first kappa shape index (κ1) is 19.0. The number of hydrogen-bond donors (Lipinski definition) is 0. The Balaban J connectivity index is 1.36. The molecule has 1 aliphatic heterocycles. The van der Waals surface area contributed by atoms with Crippen LogP contribution in [0.4, 0.5) is 0 Å². The highest BCUT2D eigenvalue weighted by molar-refractivity contribution is 7.15. The lowest BCUT2D eigenvalue weighted by Crippen LogP contribution is -2.51. The van der Waals surface area contributed by atoms with Crippen molar-refractivity contribution in [3.05, 3.63) is 64.8 Å². The van der Waals surface area contributed by atoms with E-state index in [4.69, 9.17) is 0 Å². The molecular weight excluding hydrogens is 398 g/mol. The van der Waals surface area contributed by atoms with Crippen LogP contribution in [-0.2, 0) is 12.8 Å². The molecule has 1 fully saturated rings. The van der Waals surface area contributed by atoms with Gasteiger partial charge in [0.05, 0.1) is 11.8 Å². The molecule has 0 N–H and O–H groups in total. The topological polar surface area (TPSA) is 71.3 Å². The Labute approximate surface area is 179 Å². The van der Waals surface area contributed by atoms with Crippen LogP contribution in [0.5, 0.6) is 0 Å². The van der Waals surface area contributed by atoms with Gasteiger partial charge in [-0.15, -0.1) is 11.3 Å². The third-order valence-electron chi connectivity index (χ3n) is 5.84. The van der Waals surface area contributed by atoms with Crippen LogP contribution in [0.1, 0.15) is 44.1 Å². The van der Waals surface area contributed by atoms with Gasteiger partial charge in [-0.25, -0.2) is 4.98 Å². The van der Waals surface area contributed by atoms with Crippen LogP contribution < -0.4 is 0 Å². The van der Waals surface area contributed by atoms with Gasteiger partial charge in [-0.1, -0.05) is 0 Å². The standard InChI is InChI=1S/C22H23N5O2S/c28-20(17-15-23-7-8-24-17)25-11-13-26(14-12-25)21(29)19-16-5-1-2-6-18(16)30-22(19)27-9-3-4-10-27/h3-4,7-10,15H,1-2,5-6,11-14H2. The number of fused-ring (bicyclic) bond motifs is 1. The number of nitrogens with zero attached hydrogens (tertiary/aromatic N) is 5. The van der Waals surface area contributed by atoms with E-state index in [0.717, 1.165) is 29.8 Å². The van der Waals surface area contributed by atoms with E-state index in [1.807, 2.05) is 29.4 Å². The van der Waals surface area contributed by atoms with Crippen LogP contribution in [0.3, 0.4) is 0 Å². The van der Waals surface area contributed by atoms with Crippen LogP contribution in [0.15, 0.2) is 43.1 Å². The summed E-state index contributed by atoms with van der Waals surface area (Å²) in [6, 6.07) is 3.98. The molecule has 0 radical (unpaired) electrons. The lowest BCUT2D eigenvalue weighted by molar-refractivity contribution is 0.0531. The van der Waals surface area contributed by atoms with E-state index in [1.165, 1.54) is 29.3 Å². The molecule has 0 unspecified atom stereocenters. The normalized spacial score (nSPS) is 16.4. The number of aromatic nitrogens is 3. The molecule has 3 aromatic rings. The molecule has 0 aromatic carbocycles. The summed E-state index contributed by atoms with van der Waals surface area (Å²) < 4.78 is 2.06. The van der Waals surface area contributed by atoms with Crippen molar-refractivity contribution in [2.75, 3.05) is 26.2 Å². The Kier molecular flexibility index (Phi) is 5.08. The molecular formula is C22H23N5O2S. The van der Waals surface area contributed by atoms with Crippen molar-refractivity contribution in [1.82, 2.24) is 24.3 Å². The van der Waals surface area contributed by atoms with Crippen LogP contribution in [-0.4, -0.2) is 62.3 Å². The van der Waals surface area contributed by atoms with E-state index < -0.39 is 0 Å². The smallest absolute Gasteiger partial charge is 0.274 e. The van der Waals surface area contributed by atoms with Gasteiger partial charge in [0.2, 0.25) is 0 Å². The van der Waals surface area contributed by atoms with Gasteiger partial charge in [-0.2, -0.15) is 0 Å². The molecule has 0 atom stereocenters. The lowest BCUT2D eigenvalue weighted by Gasteiger charge is -2.35. The summed E-state index contributed by atoms with van der Waals surface area (Å²) >= 11 is 1.75. The first-order valence-electron chi connectivity index (χ1n) is 10.3. The van der Waals surface area contributed by atoms with Crippen molar-refractivity contribution in [3.8, 4) is 5.00 Å². The highest BCUT2D eigenvalue weighted by atomic mass is 32.1. The second-order valence-corrected chi connectivity index (χ2v) is 8.74. The number of aryl methyl sites for hydroxylation is 1. The predicted molar refractivity (Wildman–Crippen MR) is 114 cm³/mol. The minimum atomic E-state index is -0.129. The first-order chi connectivity index (χ1) is 14.7. The summed E-state index contributed by atoms with van der Waals surface area (Å²) in [5, 5.41) is 1.02. The molecule has 0 saturated carbocycles. The van der Waals surface area contributed by atoms with E-state index in [-0.39, 0.29) is 11.8 Å². The minimum Gasteiger partial charge on any atom is -0.335 e. The Morgan fingerprint density at radius 2 is 1.60 bits per heavy atom. The molecule has 2 aliphatic rings. The minimum absolute atomic E-state index is 0.0877. The maximum atomic E-state index is 13.6. The molecule has 0 bridgehead atoms. The maximum absolute atomic E-state index is 13.6. The van der Waals surface area contributed by atoms with Gasteiger partial charge >= 0.3 is 0 Å². The van der Waals surface area contributed by atoms with Gasteiger partial charge in [0, 0.05) is 55.8 Å². The Hall–Kier alpha value is -3.00. The third kappa shape index (κ3) is 3.41. The Morgan fingerprint density at radius 3 is 2.30 bits per heavy atom. The first-order valence-corrected chi connectivity index (χ1v) is 11.2. The fraction of sp³-hybridized carbons (Fsp3) is 0.364. The number of hydrogen-bond acceptors (Lipinski definition) is 5. The molecule has 1 aliphatic carbocycles. The van der Waals surface area contributed by atoms with Crippen molar-refractivity contribution >= 4 is 23.2 Å². The molecule has 7 nitrogen and oxygen atoms in total. The number of piperazine rings is 1. The second kappa shape index (κ2) is 8.02. The highest BCUT2D eigenvalue weighted by Crippen LogP contribution is 2.37. The van der Waals surface area contributed by atoms with E-state index >= 15 is 0 Å². The van der Waals surface area contributed by atoms with Gasteiger partial charge in [0.25, 0.3) is 11.8 Å². The van der Waals surface area contributed by atoms with E-state index in [0.29, 0.717) is 31.9 Å². The Morgan fingerprint density at radius 1 is 0.900 bits per heavy atom. The van der Waals surface area contributed by atoms with Crippen LogP contribution in [0.2, 0.25) is 0 Å². The number of amides is 2. The fourth-order valence-electron chi connectivity index (χ4n) is 4.27. The molecule has 1 saturated heterocycles. The molecule has 154 valence electrons. The van der Waals surface area contributed by atoms with Gasteiger partial charge in [-0.3, -0.25) is 14.6 Å². The van der Waals surface area contributed by atoms with Crippen molar-refractivity contribution in [1.29, 1.82) is 0 Å². The fourth-order valence-corrected chi connectivity index (χ4v) is 5.61. The lowest BCUT2D eigenvalue weighted by atomic mass is 9.95. The average molecular weight is 422 g/mol. The van der Waals surface area contributed by atoms with Crippen molar-refractivity contribution < 1.29 is 9.59 Å². The summed E-state index contributed by atoms with van der Waals surface area (Å²) in [7, 11) is 0. The number of thiophene rings is 1. The largest absolute Gasteiger partial charge is 0.335 e. The van der Waals surface area contributed by atoms with Gasteiger partial charge < -0.3 is 14.4 Å². The molecule has 0 spiro atoms. The number of carbonyl (C=O) groups excluding carboxylic acids is 2. The van der Waals surface area contributed by atoms with Crippen LogP contribution in [0.25, 0.3) is 5.00 Å². The molecule has 3 aromatic heterocycles. The monoisotopic (exact) mass is 421 g/mol. The summed E-state index contributed by atoms with van der Waals surface area (Å²) in [6.45, 7) is 2.07. The third-order valence-corrected chi connectivity index (χ3v) is 7.15. The van der Waals surface area contributed by atoms with Gasteiger partial charge in [0.15, 0.2) is 0 Å². The average Bonchev–Trinajstić information content (AvgIpc) is 3.46. The zero-order valence-electron chi connectivity index (χ0n) is 16.7. The zero-order chi connectivity index (χ0) is 20.5. The summed E-state index contributed by atoms with van der Waals surface area (Å²) in [5.41, 5.74) is 2.44. The van der Waals surface area contributed by atoms with E-state index in [2.05, 4.69) is 14.5 Å². The molecule has 5 rings (SSSR count). The zero-order valence-corrected chi connectivity index (χ0v) is 17.5. The van der Waals surface area contributed by atoms with Crippen molar-refractivity contribution in [3.63, 3.8) is 0 Å². The molecule has 2 amide bonds. The highest BCUT2D eigenvalue weighted by Gasteiger charge is 2.32. The molecule has 30 heavy (non-hydrogen) atoms. The number of rotatable bonds is 3. The van der Waals surface area contributed by atoms with Crippen LogP contribution in [0, 0.1) is 0 Å². The van der Waals surface area contributed by atoms with Crippen molar-refractivity contribution in [2.24, 2.45) is 0 Å². The maximum Gasteiger partial charge on any atom is 0.274 e. The molecule has 4 heterocycles. The summed E-state index contributed by atoms with van der Waals surface area (Å²) in [4.78, 5) is 39.3. The van der Waals surface area contributed by atoms with Crippen molar-refractivity contribution in [2.45, 2.75) is 25.7 Å². The summed E-state index contributed by atoms with van der Waals surface area (Å²) in [5.74, 6) is -0.0409. The number of carbonyl (C=O) groups is 2. The quantitative estimate of drug-likeness (QED) is 0.652. The van der Waals surface area contributed by atoms with Gasteiger partial charge in [0.1, 0.15) is 10.7 Å². The SMILES string of the molecule is O=C(c1cnccn1)N1CCN(C(=O)c2c(-n3cccc3)sc3c2CCCC3)CC1. The summed E-state index contributed by atoms with van der Waals surface area (Å²) in [6.07, 6.45) is 12.9. The second-order valence-electron chi connectivity index (χ2n) is 7.66. The van der Waals surface area contributed by atoms with E-state index in [9.17, 15) is 9.59 Å².